The molecule has 1 aromatic rings. The molecule has 1 aromatic heterocycles. The number of fused-ring (bicyclic) bond motifs is 5. The van der Waals surface area contributed by atoms with Crippen molar-refractivity contribution >= 4 is 57.4 Å². The third kappa shape index (κ3) is 3.67. The molecule has 0 spiro atoms. The van der Waals surface area contributed by atoms with Crippen LogP contribution in [0.3, 0.4) is 0 Å². The van der Waals surface area contributed by atoms with E-state index in [0.29, 0.717) is 10.6 Å². The number of esters is 1. The number of carbonyl (C=O) groups excluding carboxylic acids is 4. The van der Waals surface area contributed by atoms with Crippen LogP contribution >= 0.6 is 23.6 Å². The number of ether oxygens (including phenoxy) is 1. The summed E-state index contributed by atoms with van der Waals surface area (Å²) < 4.78 is 5.11. The van der Waals surface area contributed by atoms with Gasteiger partial charge in [-0.05, 0) is 56.8 Å². The minimum atomic E-state index is -0.567. The summed E-state index contributed by atoms with van der Waals surface area (Å²) in [5.41, 5.74) is 1.16. The molecule has 2 heterocycles. The summed E-state index contributed by atoms with van der Waals surface area (Å²) in [5, 5.41) is 5.83. The number of likely N-dealkylation sites (tertiary alicyclic amines) is 1. The Labute approximate surface area is 189 Å². The lowest BCUT2D eigenvalue weighted by molar-refractivity contribution is -0.144. The molecule has 2 fully saturated rings. The van der Waals surface area contributed by atoms with E-state index in [0.717, 1.165) is 21.8 Å². The summed E-state index contributed by atoms with van der Waals surface area (Å²) in [7, 11) is 0. The van der Waals surface area contributed by atoms with Crippen LogP contribution in [-0.2, 0) is 19.1 Å². The molecule has 1 aliphatic heterocycles. The number of hydrogen-bond donors (Lipinski definition) is 2. The first-order valence-corrected chi connectivity index (χ1v) is 11.4. The molecule has 1 saturated heterocycles. The third-order valence-electron chi connectivity index (χ3n) is 6.21. The highest BCUT2D eigenvalue weighted by molar-refractivity contribution is 7.80. The van der Waals surface area contributed by atoms with Gasteiger partial charge >= 0.3 is 5.97 Å². The molecule has 31 heavy (non-hydrogen) atoms. The topological polar surface area (TPSA) is 105 Å². The van der Waals surface area contributed by atoms with Gasteiger partial charge in [-0.2, -0.15) is 0 Å². The fourth-order valence-electron chi connectivity index (χ4n) is 4.73. The second-order valence-corrected chi connectivity index (χ2v) is 9.61. The largest absolute Gasteiger partial charge is 0.462 e. The van der Waals surface area contributed by atoms with Gasteiger partial charge in [-0.15, -0.1) is 11.3 Å². The monoisotopic (exact) mass is 461 g/mol. The number of thiophene rings is 1. The lowest BCUT2D eigenvalue weighted by Crippen LogP contribution is -2.44. The van der Waals surface area contributed by atoms with E-state index in [2.05, 4.69) is 10.6 Å². The SMILES string of the molecule is CCOC(=O)c1c(NC(=S)NC(=O)CN2C(=O)C3C4C=CC(C4)C3C2=O)sc(C)c1C. The number of aryl methyl sites for hydroxylation is 1. The second-order valence-electron chi connectivity index (χ2n) is 7.97. The van der Waals surface area contributed by atoms with Crippen LogP contribution in [0.2, 0.25) is 0 Å². The quantitative estimate of drug-likeness (QED) is 0.300. The number of anilines is 1. The van der Waals surface area contributed by atoms with Crippen molar-refractivity contribution in [2.75, 3.05) is 18.5 Å². The first-order chi connectivity index (χ1) is 14.7. The summed E-state index contributed by atoms with van der Waals surface area (Å²) in [5.74, 6) is -2.10. The molecule has 2 aliphatic carbocycles. The molecule has 4 rings (SSSR count). The number of rotatable bonds is 5. The number of hydrogen-bond acceptors (Lipinski definition) is 7. The second kappa shape index (κ2) is 8.16. The highest BCUT2D eigenvalue weighted by atomic mass is 32.1. The Morgan fingerprint density at radius 2 is 1.81 bits per heavy atom. The van der Waals surface area contributed by atoms with Gasteiger partial charge in [-0.1, -0.05) is 12.2 Å². The maximum absolute atomic E-state index is 12.7. The summed E-state index contributed by atoms with van der Waals surface area (Å²) in [6.07, 6.45) is 4.85. The normalized spacial score (nSPS) is 25.7. The molecule has 2 bridgehead atoms. The van der Waals surface area contributed by atoms with Crippen LogP contribution in [-0.4, -0.2) is 46.9 Å². The van der Waals surface area contributed by atoms with Crippen molar-refractivity contribution < 1.29 is 23.9 Å². The number of nitrogens with zero attached hydrogens (tertiary/aromatic N) is 1. The highest BCUT2D eigenvalue weighted by Crippen LogP contribution is 2.52. The van der Waals surface area contributed by atoms with Gasteiger partial charge < -0.3 is 15.4 Å². The number of carbonyl (C=O) groups is 4. The minimum absolute atomic E-state index is 0.0159. The molecule has 4 atom stereocenters. The van der Waals surface area contributed by atoms with E-state index in [-0.39, 0.29) is 53.8 Å². The standard InChI is InChI=1S/C21H23N3O5S2/c1-4-29-20(28)14-9(2)10(3)31-17(14)23-21(30)22-13(25)8-24-18(26)15-11-5-6-12(7-11)16(15)19(24)27/h5-6,11-12,15-16H,4,7-8H2,1-3H3,(H2,22,23,25,30). The third-order valence-corrected chi connectivity index (χ3v) is 7.54. The van der Waals surface area contributed by atoms with Crippen molar-refractivity contribution in [3.8, 4) is 0 Å². The molecule has 164 valence electrons. The van der Waals surface area contributed by atoms with Gasteiger partial charge in [0.1, 0.15) is 11.5 Å². The Kier molecular flexibility index (Phi) is 5.69. The Morgan fingerprint density at radius 3 is 2.39 bits per heavy atom. The van der Waals surface area contributed by atoms with Crippen LogP contribution in [0.4, 0.5) is 5.00 Å². The lowest BCUT2D eigenvalue weighted by atomic mass is 9.85. The molecule has 2 N–H and O–H groups in total. The van der Waals surface area contributed by atoms with Crippen molar-refractivity contribution in [1.29, 1.82) is 0 Å². The van der Waals surface area contributed by atoms with Crippen molar-refractivity contribution in [2.24, 2.45) is 23.7 Å². The predicted octanol–water partition coefficient (Wildman–Crippen LogP) is 2.16. The molecule has 0 radical (unpaired) electrons. The molecule has 1 saturated carbocycles. The van der Waals surface area contributed by atoms with Gasteiger partial charge in [-0.25, -0.2) is 4.79 Å². The van der Waals surface area contributed by atoms with Crippen LogP contribution in [0.1, 0.15) is 34.1 Å². The summed E-state index contributed by atoms with van der Waals surface area (Å²) in [6.45, 7) is 5.28. The Hall–Kier alpha value is -2.59. The molecule has 4 unspecified atom stereocenters. The zero-order chi connectivity index (χ0) is 22.4. The van der Waals surface area contributed by atoms with Gasteiger partial charge in [0.05, 0.1) is 24.0 Å². The van der Waals surface area contributed by atoms with Crippen molar-refractivity contribution in [3.05, 3.63) is 28.2 Å². The maximum atomic E-state index is 12.7. The van der Waals surface area contributed by atoms with Crippen LogP contribution in [0.25, 0.3) is 0 Å². The molecule has 8 nitrogen and oxygen atoms in total. The van der Waals surface area contributed by atoms with Gasteiger partial charge in [0, 0.05) is 4.88 Å². The van der Waals surface area contributed by atoms with Gasteiger partial charge in [-0.3, -0.25) is 19.3 Å². The molecule has 0 aromatic carbocycles. The number of nitrogens with one attached hydrogen (secondary N) is 2. The minimum Gasteiger partial charge on any atom is -0.462 e. The van der Waals surface area contributed by atoms with Crippen molar-refractivity contribution in [3.63, 3.8) is 0 Å². The smallest absolute Gasteiger partial charge is 0.341 e. The highest BCUT2D eigenvalue weighted by Gasteiger charge is 2.59. The van der Waals surface area contributed by atoms with E-state index >= 15 is 0 Å². The van der Waals surface area contributed by atoms with Gasteiger partial charge in [0.15, 0.2) is 5.11 Å². The van der Waals surface area contributed by atoms with Crippen molar-refractivity contribution in [1.82, 2.24) is 10.2 Å². The zero-order valence-corrected chi connectivity index (χ0v) is 19.0. The lowest BCUT2D eigenvalue weighted by Gasteiger charge is -2.17. The summed E-state index contributed by atoms with van der Waals surface area (Å²) >= 11 is 6.54. The van der Waals surface area contributed by atoms with E-state index in [9.17, 15) is 19.2 Å². The fraction of sp³-hybridized carbons (Fsp3) is 0.476. The Morgan fingerprint density at radius 1 is 1.19 bits per heavy atom. The molecular weight excluding hydrogens is 438 g/mol. The number of imide groups is 1. The van der Waals surface area contributed by atoms with E-state index in [4.69, 9.17) is 17.0 Å². The molecular formula is C21H23N3O5S2. The predicted molar refractivity (Wildman–Crippen MR) is 119 cm³/mol. The number of allylic oxidation sites excluding steroid dienone is 2. The van der Waals surface area contributed by atoms with Crippen LogP contribution in [0.15, 0.2) is 12.2 Å². The van der Waals surface area contributed by atoms with E-state index in [1.165, 1.54) is 11.3 Å². The van der Waals surface area contributed by atoms with Crippen LogP contribution in [0.5, 0.6) is 0 Å². The van der Waals surface area contributed by atoms with Gasteiger partial charge in [0.25, 0.3) is 0 Å². The fourth-order valence-corrected chi connectivity index (χ4v) is 6.06. The summed E-state index contributed by atoms with van der Waals surface area (Å²) in [6, 6.07) is 0. The van der Waals surface area contributed by atoms with Gasteiger partial charge in [0.2, 0.25) is 17.7 Å². The number of thiocarbonyl (C=S) groups is 1. The Balaban J connectivity index is 1.39. The molecule has 10 heteroatoms. The average Bonchev–Trinajstić information content (AvgIpc) is 3.43. The number of amides is 3. The van der Waals surface area contributed by atoms with E-state index in [1.807, 2.05) is 26.0 Å². The van der Waals surface area contributed by atoms with E-state index < -0.39 is 11.9 Å². The van der Waals surface area contributed by atoms with Crippen LogP contribution < -0.4 is 10.6 Å². The molecule has 3 aliphatic rings. The maximum Gasteiger partial charge on any atom is 0.341 e. The van der Waals surface area contributed by atoms with E-state index in [1.54, 1.807) is 6.92 Å². The Bertz CT molecular complexity index is 1000. The van der Waals surface area contributed by atoms with Crippen molar-refractivity contribution in [2.45, 2.75) is 27.2 Å². The first-order valence-electron chi connectivity index (χ1n) is 10.1. The summed E-state index contributed by atoms with van der Waals surface area (Å²) in [4.78, 5) is 52.2. The first kappa shape index (κ1) is 21.6. The average molecular weight is 462 g/mol. The molecule has 3 amide bonds. The zero-order valence-electron chi connectivity index (χ0n) is 17.4. The van der Waals surface area contributed by atoms with Crippen LogP contribution in [0, 0.1) is 37.5 Å².